The fourth-order valence-electron chi connectivity index (χ4n) is 1.17. The zero-order chi connectivity index (χ0) is 12.8. The Hall–Kier alpha value is -1.10. The van der Waals surface area contributed by atoms with Gasteiger partial charge in [-0.3, -0.25) is 4.79 Å². The van der Waals surface area contributed by atoms with Gasteiger partial charge in [0.05, 0.1) is 19.2 Å². The van der Waals surface area contributed by atoms with Gasteiger partial charge in [-0.1, -0.05) is 20.8 Å². The van der Waals surface area contributed by atoms with Gasteiger partial charge in [-0.05, 0) is 11.8 Å². The number of anilines is 1. The minimum atomic E-state index is -0.252. The zero-order valence-electron chi connectivity index (χ0n) is 10.8. The molecule has 0 aromatic carbocycles. The topological polar surface area (TPSA) is 51.2 Å². The first kappa shape index (κ1) is 14.0. The summed E-state index contributed by atoms with van der Waals surface area (Å²) < 4.78 is 4.60. The lowest BCUT2D eigenvalue weighted by atomic mass is 9.98. The Balaban J connectivity index is 2.43. The van der Waals surface area contributed by atoms with Crippen LogP contribution in [0.3, 0.4) is 0 Å². The largest absolute Gasteiger partial charge is 0.469 e. The van der Waals surface area contributed by atoms with Crippen molar-refractivity contribution in [2.24, 2.45) is 11.8 Å². The van der Waals surface area contributed by atoms with Crippen molar-refractivity contribution in [1.29, 1.82) is 0 Å². The Kier molecular flexibility index (Phi) is 5.41. The Labute approximate surface area is 106 Å². The number of ether oxygens (including phenoxy) is 1. The lowest BCUT2D eigenvalue weighted by Gasteiger charge is -2.15. The number of carbonyl (C=O) groups is 1. The predicted molar refractivity (Wildman–Crippen MR) is 70.3 cm³/mol. The van der Waals surface area contributed by atoms with Crippen LogP contribution in [0.2, 0.25) is 0 Å². The molecule has 1 aromatic rings. The number of hydrogen-bond donors (Lipinski definition) is 1. The molecule has 0 amide bonds. The summed E-state index contributed by atoms with van der Waals surface area (Å²) in [5.74, 6) is 0.998. The number of aromatic nitrogens is 1. The quantitative estimate of drug-likeness (QED) is 0.795. The van der Waals surface area contributed by atoms with Crippen LogP contribution in [0.5, 0.6) is 0 Å². The maximum Gasteiger partial charge on any atom is 0.311 e. The molecule has 1 rings (SSSR count). The molecule has 1 unspecified atom stereocenters. The Morgan fingerprint density at radius 1 is 1.53 bits per heavy atom. The number of nitrogens with one attached hydrogen (secondary N) is 1. The molecule has 1 heterocycles. The monoisotopic (exact) mass is 256 g/mol. The molecule has 4 nitrogen and oxygen atoms in total. The molecule has 1 atom stereocenters. The molecule has 17 heavy (non-hydrogen) atoms. The number of thiazole rings is 1. The molecule has 1 N–H and O–H groups in total. The van der Waals surface area contributed by atoms with Crippen LogP contribution in [0.4, 0.5) is 5.13 Å². The summed E-state index contributed by atoms with van der Waals surface area (Å²) in [4.78, 5) is 15.4. The van der Waals surface area contributed by atoms with Gasteiger partial charge in [-0.15, -0.1) is 11.3 Å². The van der Waals surface area contributed by atoms with E-state index in [-0.39, 0.29) is 12.4 Å². The normalized spacial score (nSPS) is 12.5. The molecule has 5 heteroatoms. The maximum atomic E-state index is 11.1. The van der Waals surface area contributed by atoms with E-state index in [9.17, 15) is 4.79 Å². The summed E-state index contributed by atoms with van der Waals surface area (Å²) in [6.45, 7) is 7.53. The van der Waals surface area contributed by atoms with Crippen LogP contribution in [0, 0.1) is 11.8 Å². The van der Waals surface area contributed by atoms with Crippen LogP contribution in [-0.4, -0.2) is 24.6 Å². The highest BCUT2D eigenvalue weighted by molar-refractivity contribution is 7.13. The Morgan fingerprint density at radius 2 is 2.24 bits per heavy atom. The summed E-state index contributed by atoms with van der Waals surface area (Å²) in [5.41, 5.74) is 0.765. The van der Waals surface area contributed by atoms with Crippen molar-refractivity contribution >= 4 is 22.4 Å². The molecule has 0 bridgehead atoms. The summed E-state index contributed by atoms with van der Waals surface area (Å²) >= 11 is 1.53. The lowest BCUT2D eigenvalue weighted by molar-refractivity contribution is -0.139. The first-order valence-corrected chi connectivity index (χ1v) is 6.66. The number of carbonyl (C=O) groups excluding carboxylic acids is 1. The van der Waals surface area contributed by atoms with Crippen molar-refractivity contribution in [3.63, 3.8) is 0 Å². The van der Waals surface area contributed by atoms with E-state index in [2.05, 4.69) is 35.8 Å². The SMILES string of the molecule is COC(=O)Cc1csc(NCC(C)C(C)C)n1. The lowest BCUT2D eigenvalue weighted by Crippen LogP contribution is -2.16. The van der Waals surface area contributed by atoms with E-state index in [1.807, 2.05) is 5.38 Å². The van der Waals surface area contributed by atoms with Gasteiger partial charge >= 0.3 is 5.97 Å². The second kappa shape index (κ2) is 6.59. The summed E-state index contributed by atoms with van der Waals surface area (Å²) in [6.07, 6.45) is 0.244. The van der Waals surface area contributed by atoms with E-state index < -0.39 is 0 Å². The van der Waals surface area contributed by atoms with Gasteiger partial charge < -0.3 is 10.1 Å². The molecule has 1 aromatic heterocycles. The summed E-state index contributed by atoms with van der Waals surface area (Å²) in [5, 5.41) is 6.05. The zero-order valence-corrected chi connectivity index (χ0v) is 11.6. The number of hydrogen-bond acceptors (Lipinski definition) is 5. The van der Waals surface area contributed by atoms with E-state index in [4.69, 9.17) is 0 Å². The second-order valence-corrected chi connectivity index (χ2v) is 5.36. The van der Waals surface area contributed by atoms with Crippen LogP contribution in [0.25, 0.3) is 0 Å². The van der Waals surface area contributed by atoms with E-state index in [0.717, 1.165) is 17.4 Å². The van der Waals surface area contributed by atoms with Gasteiger partial charge in [-0.25, -0.2) is 4.98 Å². The van der Waals surface area contributed by atoms with Crippen LogP contribution in [0.1, 0.15) is 26.5 Å². The van der Waals surface area contributed by atoms with Crippen molar-refractivity contribution in [3.05, 3.63) is 11.1 Å². The molecule has 0 aliphatic heterocycles. The summed E-state index contributed by atoms with van der Waals surface area (Å²) in [6, 6.07) is 0. The third-order valence-corrected chi connectivity index (χ3v) is 3.67. The van der Waals surface area contributed by atoms with Crippen LogP contribution >= 0.6 is 11.3 Å². The van der Waals surface area contributed by atoms with Crippen molar-refractivity contribution in [1.82, 2.24) is 4.98 Å². The van der Waals surface area contributed by atoms with Crippen LogP contribution in [-0.2, 0) is 16.0 Å². The Bertz CT molecular complexity index is 363. The molecular formula is C12H20N2O2S. The maximum absolute atomic E-state index is 11.1. The second-order valence-electron chi connectivity index (χ2n) is 4.50. The van der Waals surface area contributed by atoms with E-state index >= 15 is 0 Å². The molecule has 0 fully saturated rings. The van der Waals surface area contributed by atoms with Crippen molar-refractivity contribution in [2.45, 2.75) is 27.2 Å². The van der Waals surface area contributed by atoms with Gasteiger partial charge in [0.2, 0.25) is 0 Å². The summed E-state index contributed by atoms with van der Waals surface area (Å²) in [7, 11) is 1.39. The van der Waals surface area contributed by atoms with Crippen LogP contribution in [0.15, 0.2) is 5.38 Å². The molecule has 0 aliphatic rings. The third-order valence-electron chi connectivity index (χ3n) is 2.82. The van der Waals surface area contributed by atoms with Crippen molar-refractivity contribution in [3.8, 4) is 0 Å². The minimum Gasteiger partial charge on any atom is -0.469 e. The first-order chi connectivity index (χ1) is 8.02. The molecule has 96 valence electrons. The fourth-order valence-corrected chi connectivity index (χ4v) is 1.89. The van der Waals surface area contributed by atoms with Gasteiger partial charge in [0.1, 0.15) is 0 Å². The number of nitrogens with zero attached hydrogens (tertiary/aromatic N) is 1. The van der Waals surface area contributed by atoms with Crippen molar-refractivity contribution < 1.29 is 9.53 Å². The van der Waals surface area contributed by atoms with Gasteiger partial charge in [0, 0.05) is 11.9 Å². The first-order valence-electron chi connectivity index (χ1n) is 5.78. The van der Waals surface area contributed by atoms with Gasteiger partial charge in [0.25, 0.3) is 0 Å². The number of esters is 1. The predicted octanol–water partition coefficient (Wildman–Crippen LogP) is 2.56. The molecule has 0 saturated carbocycles. The fraction of sp³-hybridized carbons (Fsp3) is 0.667. The smallest absolute Gasteiger partial charge is 0.311 e. The Morgan fingerprint density at radius 3 is 2.82 bits per heavy atom. The molecule has 0 aliphatic carbocycles. The number of rotatable bonds is 6. The highest BCUT2D eigenvalue weighted by Crippen LogP contribution is 2.18. The average Bonchev–Trinajstić information content (AvgIpc) is 2.73. The highest BCUT2D eigenvalue weighted by atomic mass is 32.1. The third kappa shape index (κ3) is 4.73. The molecule has 0 spiro atoms. The number of methoxy groups -OCH3 is 1. The molecular weight excluding hydrogens is 236 g/mol. The van der Waals surface area contributed by atoms with E-state index in [1.165, 1.54) is 18.4 Å². The van der Waals surface area contributed by atoms with Gasteiger partial charge in [0.15, 0.2) is 5.13 Å². The van der Waals surface area contributed by atoms with Crippen LogP contribution < -0.4 is 5.32 Å². The standard InChI is InChI=1S/C12H20N2O2S/c1-8(2)9(3)6-13-12-14-10(7-17-12)5-11(15)16-4/h7-9H,5-6H2,1-4H3,(H,13,14). The minimum absolute atomic E-state index is 0.244. The van der Waals surface area contributed by atoms with Crippen molar-refractivity contribution in [2.75, 3.05) is 19.0 Å². The van der Waals surface area contributed by atoms with Gasteiger partial charge in [-0.2, -0.15) is 0 Å². The van der Waals surface area contributed by atoms with E-state index in [0.29, 0.717) is 11.8 Å². The van der Waals surface area contributed by atoms with E-state index in [1.54, 1.807) is 0 Å². The average molecular weight is 256 g/mol. The highest BCUT2D eigenvalue weighted by Gasteiger charge is 2.10. The molecule has 0 radical (unpaired) electrons. The molecule has 0 saturated heterocycles.